The molecule has 1 saturated heterocycles. The predicted molar refractivity (Wildman–Crippen MR) is 89.4 cm³/mol. The largest absolute Gasteiger partial charge is 0.480 e. The van der Waals surface area contributed by atoms with E-state index in [-0.39, 0.29) is 13.0 Å². The standard InChI is InChI=1S/C17H23NO9/c19-7-12(21)14(22)15(23)13-11(20)6-10(16(24)25)18(13)17(26)27-8-9-4-2-1-3-5-9/h1-5,10-15,19-23H,6-8H2,(H,24,25)/t10-,11-,12+,13+,14+,15+/m0/s1. The molecule has 1 aliphatic heterocycles. The molecule has 1 fully saturated rings. The molecule has 10 heteroatoms. The molecular weight excluding hydrogens is 362 g/mol. The SMILES string of the molecule is O=C(O)[C@@H]1C[C@H](O)[C@H]([C@@H](O)[C@H](O)[C@H](O)CO)N1C(=O)OCc1ccccc1. The average molecular weight is 385 g/mol. The number of aliphatic hydroxyl groups excluding tert-OH is 5. The van der Waals surface area contributed by atoms with Crippen molar-refractivity contribution in [1.82, 2.24) is 4.90 Å². The van der Waals surface area contributed by atoms with E-state index in [2.05, 4.69) is 0 Å². The van der Waals surface area contributed by atoms with Gasteiger partial charge in [-0.25, -0.2) is 9.59 Å². The zero-order valence-electron chi connectivity index (χ0n) is 14.3. The first kappa shape index (κ1) is 21.1. The van der Waals surface area contributed by atoms with E-state index in [9.17, 15) is 35.1 Å². The second-order valence-corrected chi connectivity index (χ2v) is 6.33. The van der Waals surface area contributed by atoms with E-state index >= 15 is 0 Å². The smallest absolute Gasteiger partial charge is 0.411 e. The third-order valence-electron chi connectivity index (χ3n) is 4.50. The van der Waals surface area contributed by atoms with Gasteiger partial charge in [-0.05, 0) is 5.56 Å². The van der Waals surface area contributed by atoms with Crippen LogP contribution in [0.1, 0.15) is 12.0 Å². The van der Waals surface area contributed by atoms with Crippen molar-refractivity contribution >= 4 is 12.1 Å². The minimum Gasteiger partial charge on any atom is -0.480 e. The number of ether oxygens (including phenoxy) is 1. The van der Waals surface area contributed by atoms with E-state index in [0.29, 0.717) is 10.5 Å². The lowest BCUT2D eigenvalue weighted by molar-refractivity contribution is -0.144. The van der Waals surface area contributed by atoms with Gasteiger partial charge in [-0.3, -0.25) is 4.90 Å². The molecule has 0 unspecified atom stereocenters. The summed E-state index contributed by atoms with van der Waals surface area (Å²) in [5.41, 5.74) is 0.644. The van der Waals surface area contributed by atoms with Crippen LogP contribution in [-0.2, 0) is 16.1 Å². The molecule has 6 N–H and O–H groups in total. The molecule has 6 atom stereocenters. The second-order valence-electron chi connectivity index (χ2n) is 6.33. The maximum absolute atomic E-state index is 12.5. The summed E-state index contributed by atoms with van der Waals surface area (Å²) < 4.78 is 5.10. The second kappa shape index (κ2) is 9.11. The van der Waals surface area contributed by atoms with Crippen molar-refractivity contribution in [1.29, 1.82) is 0 Å². The van der Waals surface area contributed by atoms with Crippen LogP contribution >= 0.6 is 0 Å². The maximum Gasteiger partial charge on any atom is 0.411 e. The van der Waals surface area contributed by atoms with Crippen LogP contribution in [0.25, 0.3) is 0 Å². The lowest BCUT2D eigenvalue weighted by Crippen LogP contribution is -2.57. The first-order chi connectivity index (χ1) is 12.8. The Hall–Kier alpha value is -2.24. The highest BCUT2D eigenvalue weighted by atomic mass is 16.6. The van der Waals surface area contributed by atoms with Crippen molar-refractivity contribution < 1.29 is 45.0 Å². The zero-order valence-corrected chi connectivity index (χ0v) is 14.3. The van der Waals surface area contributed by atoms with Crippen LogP contribution in [0.5, 0.6) is 0 Å². The van der Waals surface area contributed by atoms with Crippen LogP contribution in [-0.4, -0.2) is 90.7 Å². The molecule has 27 heavy (non-hydrogen) atoms. The summed E-state index contributed by atoms with van der Waals surface area (Å²) in [6.45, 7) is -1.04. The summed E-state index contributed by atoms with van der Waals surface area (Å²) >= 11 is 0. The number of carbonyl (C=O) groups is 2. The molecule has 2 rings (SSSR count). The molecule has 1 amide bonds. The van der Waals surface area contributed by atoms with Crippen molar-refractivity contribution in [3.8, 4) is 0 Å². The van der Waals surface area contributed by atoms with Crippen LogP contribution in [0.4, 0.5) is 4.79 Å². The Morgan fingerprint density at radius 1 is 1.19 bits per heavy atom. The van der Waals surface area contributed by atoms with Gasteiger partial charge in [0.25, 0.3) is 0 Å². The number of likely N-dealkylation sites (tertiary alicyclic amines) is 1. The first-order valence-electron chi connectivity index (χ1n) is 8.32. The summed E-state index contributed by atoms with van der Waals surface area (Å²) in [5, 5.41) is 58.1. The molecule has 1 aromatic carbocycles. The average Bonchev–Trinajstić information content (AvgIpc) is 3.02. The third-order valence-corrected chi connectivity index (χ3v) is 4.50. The highest BCUT2D eigenvalue weighted by molar-refractivity contribution is 5.81. The molecule has 10 nitrogen and oxygen atoms in total. The van der Waals surface area contributed by atoms with Crippen LogP contribution in [0, 0.1) is 0 Å². The van der Waals surface area contributed by atoms with E-state index in [1.807, 2.05) is 0 Å². The number of carbonyl (C=O) groups excluding carboxylic acids is 1. The molecule has 0 aliphatic carbocycles. The van der Waals surface area contributed by atoms with Crippen molar-refractivity contribution in [3.63, 3.8) is 0 Å². The van der Waals surface area contributed by atoms with Crippen molar-refractivity contribution in [3.05, 3.63) is 35.9 Å². The monoisotopic (exact) mass is 385 g/mol. The van der Waals surface area contributed by atoms with Gasteiger partial charge in [-0.15, -0.1) is 0 Å². The van der Waals surface area contributed by atoms with Crippen molar-refractivity contribution in [2.75, 3.05) is 6.61 Å². The Morgan fingerprint density at radius 2 is 1.81 bits per heavy atom. The molecule has 0 spiro atoms. The molecule has 0 aromatic heterocycles. The molecule has 0 radical (unpaired) electrons. The van der Waals surface area contributed by atoms with Gasteiger partial charge in [0.2, 0.25) is 0 Å². The van der Waals surface area contributed by atoms with Gasteiger partial charge in [0.1, 0.15) is 31.0 Å². The quantitative estimate of drug-likeness (QED) is 0.320. The maximum atomic E-state index is 12.5. The molecule has 1 aromatic rings. The number of carboxylic acids is 1. The fourth-order valence-corrected chi connectivity index (χ4v) is 3.07. The first-order valence-corrected chi connectivity index (χ1v) is 8.32. The number of rotatable bonds is 7. The van der Waals surface area contributed by atoms with E-state index < -0.39 is 55.2 Å². The Bertz CT molecular complexity index is 641. The summed E-state index contributed by atoms with van der Waals surface area (Å²) in [5.74, 6) is -1.42. The number of carboxylic acid groups (broad SMARTS) is 1. The highest BCUT2D eigenvalue weighted by Crippen LogP contribution is 2.30. The Morgan fingerprint density at radius 3 is 2.37 bits per heavy atom. The highest BCUT2D eigenvalue weighted by Gasteiger charge is 2.52. The normalized spacial score (nSPS) is 25.7. The van der Waals surface area contributed by atoms with Gasteiger partial charge in [-0.2, -0.15) is 0 Å². The predicted octanol–water partition coefficient (Wildman–Crippen LogP) is -1.71. The van der Waals surface area contributed by atoms with Gasteiger partial charge < -0.3 is 35.4 Å². The van der Waals surface area contributed by atoms with Gasteiger partial charge in [0, 0.05) is 6.42 Å². The number of aliphatic hydroxyl groups is 5. The number of hydrogen-bond donors (Lipinski definition) is 6. The minimum absolute atomic E-state index is 0.163. The number of amides is 1. The van der Waals surface area contributed by atoms with E-state index in [1.165, 1.54) is 0 Å². The lowest BCUT2D eigenvalue weighted by Gasteiger charge is -2.34. The number of nitrogens with zero attached hydrogens (tertiary/aromatic N) is 1. The molecule has 0 saturated carbocycles. The van der Waals surface area contributed by atoms with Crippen LogP contribution in [0.15, 0.2) is 30.3 Å². The summed E-state index contributed by atoms with van der Waals surface area (Å²) in [4.78, 5) is 24.6. The summed E-state index contributed by atoms with van der Waals surface area (Å²) in [6.07, 6.45) is -8.52. The number of benzene rings is 1. The molecule has 1 aliphatic rings. The van der Waals surface area contributed by atoms with Crippen LogP contribution in [0.3, 0.4) is 0 Å². The van der Waals surface area contributed by atoms with E-state index in [1.54, 1.807) is 30.3 Å². The van der Waals surface area contributed by atoms with Gasteiger partial charge in [0.05, 0.1) is 18.8 Å². The van der Waals surface area contributed by atoms with Gasteiger partial charge in [0.15, 0.2) is 0 Å². The number of hydrogen-bond acceptors (Lipinski definition) is 8. The van der Waals surface area contributed by atoms with Crippen molar-refractivity contribution in [2.24, 2.45) is 0 Å². The number of aliphatic carboxylic acids is 1. The fraction of sp³-hybridized carbons (Fsp3) is 0.529. The molecule has 0 bridgehead atoms. The summed E-state index contributed by atoms with van der Waals surface area (Å²) in [6, 6.07) is 5.57. The Balaban J connectivity index is 2.20. The summed E-state index contributed by atoms with van der Waals surface area (Å²) in [7, 11) is 0. The zero-order chi connectivity index (χ0) is 20.1. The Labute approximate surface area is 154 Å². The molecule has 150 valence electrons. The van der Waals surface area contributed by atoms with Crippen molar-refractivity contribution in [2.45, 2.75) is 49.5 Å². The van der Waals surface area contributed by atoms with Gasteiger partial charge in [-0.1, -0.05) is 30.3 Å². The molecular formula is C17H23NO9. The lowest BCUT2D eigenvalue weighted by atomic mass is 9.97. The molecule has 1 heterocycles. The van der Waals surface area contributed by atoms with E-state index in [0.717, 1.165) is 0 Å². The van der Waals surface area contributed by atoms with E-state index in [4.69, 9.17) is 9.84 Å². The van der Waals surface area contributed by atoms with Crippen LogP contribution < -0.4 is 0 Å². The van der Waals surface area contributed by atoms with Crippen LogP contribution in [0.2, 0.25) is 0 Å². The van der Waals surface area contributed by atoms with Gasteiger partial charge >= 0.3 is 12.1 Å². The Kier molecular flexibility index (Phi) is 7.11. The topological polar surface area (TPSA) is 168 Å². The third kappa shape index (κ3) is 4.73. The minimum atomic E-state index is -1.91. The fourth-order valence-electron chi connectivity index (χ4n) is 3.07.